The number of carbonyl (C=O) groups excluding carboxylic acids is 1. The van der Waals surface area contributed by atoms with E-state index < -0.39 is 30.1 Å². The van der Waals surface area contributed by atoms with Crippen LogP contribution < -0.4 is 56.5 Å². The second kappa shape index (κ2) is 10.5. The Kier molecular flexibility index (Phi) is 11.4. The summed E-state index contributed by atoms with van der Waals surface area (Å²) in [6.45, 7) is 3.55. The summed E-state index contributed by atoms with van der Waals surface area (Å²) < 4.78 is 49.2. The average Bonchev–Trinajstić information content (AvgIpc) is 2.26. The van der Waals surface area contributed by atoms with Crippen molar-refractivity contribution in [2.45, 2.75) is 32.6 Å². The Balaban J connectivity index is 0. The fourth-order valence-electron chi connectivity index (χ4n) is 1.08. The number of alkyl halides is 4. The van der Waals surface area contributed by atoms with Gasteiger partial charge in [0.1, 0.15) is 11.4 Å². The summed E-state index contributed by atoms with van der Waals surface area (Å²) >= 11 is 0. The first-order valence-electron chi connectivity index (χ1n) is 5.97. The molecule has 0 N–H and O–H groups in total. The maximum Gasteiger partial charge on any atom is 1.00 e. The summed E-state index contributed by atoms with van der Waals surface area (Å²) in [5, 5.41) is 10.1. The number of aliphatic carboxylic acids is 1. The molecule has 0 bridgehead atoms. The van der Waals surface area contributed by atoms with E-state index in [1.54, 1.807) is 6.07 Å². The van der Waals surface area contributed by atoms with Gasteiger partial charge >= 0.3 is 57.6 Å². The van der Waals surface area contributed by atoms with Crippen LogP contribution in [0.5, 0.6) is 0 Å². The number of rotatable bonds is 3. The van der Waals surface area contributed by atoms with E-state index in [0.29, 0.717) is 0 Å². The van der Waals surface area contributed by atoms with Gasteiger partial charge in [-0.1, -0.05) is 30.3 Å². The van der Waals surface area contributed by atoms with E-state index in [2.05, 4.69) is 4.99 Å². The zero-order valence-corrected chi connectivity index (χ0v) is 16.0. The standard InChI is InChI=1S/C10H8F3NO2.C4H9F.K/c11-10(12,13)9(14-6-8(15)16)7-4-2-1-3-5-7;1-4(2,3)5;/h1-5H,6H2,(H,15,16);1-3H3;/q;;+1/p-1. The van der Waals surface area contributed by atoms with Crippen molar-refractivity contribution in [3.8, 4) is 0 Å². The van der Waals surface area contributed by atoms with Gasteiger partial charge in [-0.2, -0.15) is 13.2 Å². The topological polar surface area (TPSA) is 52.5 Å². The zero-order chi connectivity index (χ0) is 16.7. The molecule has 1 aromatic rings. The first-order valence-corrected chi connectivity index (χ1v) is 5.97. The van der Waals surface area contributed by atoms with Gasteiger partial charge < -0.3 is 9.90 Å². The Bertz CT molecular complexity index is 476. The van der Waals surface area contributed by atoms with Gasteiger partial charge in [0.15, 0.2) is 0 Å². The predicted molar refractivity (Wildman–Crippen MR) is 69.8 cm³/mol. The average molecular weight is 345 g/mol. The van der Waals surface area contributed by atoms with E-state index >= 15 is 0 Å². The largest absolute Gasteiger partial charge is 1.00 e. The molecular formula is C14H16F4KNO2. The molecule has 0 aliphatic heterocycles. The number of carboxylic acids is 1. The normalized spacial score (nSPS) is 11.9. The molecule has 1 aromatic carbocycles. The second-order valence-corrected chi connectivity index (χ2v) is 4.97. The Labute approximate surface area is 169 Å². The summed E-state index contributed by atoms with van der Waals surface area (Å²) in [5.74, 6) is -1.65. The molecule has 0 heterocycles. The van der Waals surface area contributed by atoms with Crippen LogP contribution in [0.2, 0.25) is 0 Å². The van der Waals surface area contributed by atoms with Gasteiger partial charge in [-0.25, -0.2) is 4.39 Å². The molecule has 0 aliphatic carbocycles. The van der Waals surface area contributed by atoms with Crippen molar-refractivity contribution in [3.63, 3.8) is 0 Å². The molecule has 0 radical (unpaired) electrons. The van der Waals surface area contributed by atoms with Crippen LogP contribution in [0.3, 0.4) is 0 Å². The molecule has 1 rings (SSSR count). The first-order chi connectivity index (χ1) is 9.41. The van der Waals surface area contributed by atoms with Crippen molar-refractivity contribution >= 4 is 11.7 Å². The van der Waals surface area contributed by atoms with Crippen LogP contribution in [0.1, 0.15) is 26.3 Å². The molecule has 0 fully saturated rings. The van der Waals surface area contributed by atoms with E-state index in [9.17, 15) is 27.5 Å². The number of hydrogen-bond donors (Lipinski definition) is 0. The number of carboxylic acid groups (broad SMARTS) is 1. The number of nitrogens with zero attached hydrogens (tertiary/aromatic N) is 1. The van der Waals surface area contributed by atoms with Crippen LogP contribution in [-0.2, 0) is 4.79 Å². The minimum absolute atomic E-state index is 0. The Morgan fingerprint density at radius 2 is 1.50 bits per heavy atom. The summed E-state index contributed by atoms with van der Waals surface area (Å²) in [4.78, 5) is 13.1. The molecule has 0 amide bonds. The van der Waals surface area contributed by atoms with Gasteiger partial charge in [0, 0.05) is 5.56 Å². The van der Waals surface area contributed by atoms with E-state index in [1.807, 2.05) is 0 Å². The monoisotopic (exact) mass is 345 g/mol. The van der Waals surface area contributed by atoms with Crippen molar-refractivity contribution in [1.82, 2.24) is 0 Å². The SMILES string of the molecule is CC(C)(C)F.O=C([O-])CN=C(c1ccccc1)C(F)(F)F.[K+]. The first kappa shape index (κ1) is 24.0. The molecular weight excluding hydrogens is 329 g/mol. The van der Waals surface area contributed by atoms with Gasteiger partial charge in [0.2, 0.25) is 0 Å². The molecule has 0 unspecified atom stereocenters. The molecule has 0 aliphatic rings. The van der Waals surface area contributed by atoms with E-state index in [1.165, 1.54) is 45.0 Å². The van der Waals surface area contributed by atoms with E-state index in [0.717, 1.165) is 0 Å². The van der Waals surface area contributed by atoms with Crippen molar-refractivity contribution in [1.29, 1.82) is 0 Å². The van der Waals surface area contributed by atoms with E-state index in [4.69, 9.17) is 0 Å². The third kappa shape index (κ3) is 13.4. The van der Waals surface area contributed by atoms with Crippen LogP contribution >= 0.6 is 0 Å². The molecule has 118 valence electrons. The number of hydrogen-bond acceptors (Lipinski definition) is 3. The third-order valence-electron chi connectivity index (χ3n) is 1.68. The van der Waals surface area contributed by atoms with Gasteiger partial charge in [-0.05, 0) is 20.8 Å². The van der Waals surface area contributed by atoms with Gasteiger partial charge in [0.05, 0.1) is 12.5 Å². The summed E-state index contributed by atoms with van der Waals surface area (Å²) in [7, 11) is 0. The van der Waals surface area contributed by atoms with Crippen molar-refractivity contribution in [2.24, 2.45) is 4.99 Å². The zero-order valence-electron chi connectivity index (χ0n) is 12.9. The summed E-state index contributed by atoms with van der Waals surface area (Å²) in [6, 6.07) is 6.80. The van der Waals surface area contributed by atoms with E-state index in [-0.39, 0.29) is 56.9 Å². The summed E-state index contributed by atoms with van der Waals surface area (Å²) in [5.41, 5.74) is -2.38. The molecule has 0 saturated carbocycles. The number of halogens is 4. The van der Waals surface area contributed by atoms with Gasteiger partial charge in [-0.15, -0.1) is 0 Å². The minimum atomic E-state index is -4.68. The smallest absolute Gasteiger partial charge is 0.548 e. The quantitative estimate of drug-likeness (QED) is 0.423. The fraction of sp³-hybridized carbons (Fsp3) is 0.429. The van der Waals surface area contributed by atoms with Crippen LogP contribution in [0.25, 0.3) is 0 Å². The fourth-order valence-corrected chi connectivity index (χ4v) is 1.08. The van der Waals surface area contributed by atoms with Crippen LogP contribution in [0.4, 0.5) is 17.6 Å². The molecule has 0 atom stereocenters. The second-order valence-electron chi connectivity index (χ2n) is 4.97. The van der Waals surface area contributed by atoms with Crippen molar-refractivity contribution in [3.05, 3.63) is 35.9 Å². The molecule has 8 heteroatoms. The molecule has 0 saturated heterocycles. The third-order valence-corrected chi connectivity index (χ3v) is 1.68. The maximum absolute atomic E-state index is 12.5. The maximum atomic E-state index is 12.5. The van der Waals surface area contributed by atoms with Crippen LogP contribution in [-0.4, -0.2) is 30.1 Å². The van der Waals surface area contributed by atoms with Crippen molar-refractivity contribution < 1.29 is 78.8 Å². The Morgan fingerprint density at radius 3 is 1.82 bits per heavy atom. The number of aliphatic imine (C=N–C) groups is 1. The van der Waals surface area contributed by atoms with Crippen LogP contribution in [0, 0.1) is 0 Å². The minimum Gasteiger partial charge on any atom is -0.548 e. The van der Waals surface area contributed by atoms with Crippen LogP contribution in [0.15, 0.2) is 35.3 Å². The van der Waals surface area contributed by atoms with Gasteiger partial charge in [-0.3, -0.25) is 4.99 Å². The van der Waals surface area contributed by atoms with Crippen molar-refractivity contribution in [2.75, 3.05) is 6.54 Å². The molecule has 0 spiro atoms. The molecule has 3 nitrogen and oxygen atoms in total. The Hall–Kier alpha value is -0.284. The summed E-state index contributed by atoms with van der Waals surface area (Å²) in [6.07, 6.45) is -4.68. The molecule has 22 heavy (non-hydrogen) atoms. The van der Waals surface area contributed by atoms with Gasteiger partial charge in [0.25, 0.3) is 0 Å². The predicted octanol–water partition coefficient (Wildman–Crippen LogP) is -0.454. The Morgan fingerprint density at radius 1 is 1.09 bits per heavy atom. The number of benzene rings is 1. The number of carbonyl (C=O) groups is 1. The molecule has 0 aromatic heterocycles.